The molecule has 0 aromatic carbocycles. The van der Waals surface area contributed by atoms with Crippen molar-refractivity contribution in [1.82, 2.24) is 15.5 Å². The van der Waals surface area contributed by atoms with Crippen LogP contribution in [0, 0.1) is 0 Å². The smallest absolute Gasteiger partial charge is 0.220 e. The highest BCUT2D eigenvalue weighted by Gasteiger charge is 2.20. The van der Waals surface area contributed by atoms with Gasteiger partial charge in [-0.05, 0) is 45.7 Å². The van der Waals surface area contributed by atoms with Crippen molar-refractivity contribution in [3.05, 3.63) is 0 Å². The second-order valence-corrected chi connectivity index (χ2v) is 6.46. The predicted molar refractivity (Wildman–Crippen MR) is 82.9 cm³/mol. The minimum atomic E-state index is -0.00257. The van der Waals surface area contributed by atoms with Crippen LogP contribution in [-0.2, 0) is 9.59 Å². The summed E-state index contributed by atoms with van der Waals surface area (Å²) in [5, 5.41) is 5.95. The van der Waals surface area contributed by atoms with Gasteiger partial charge in [0.2, 0.25) is 11.8 Å². The standard InChI is InChI=1S/C16H29N3O2/c1-19-12-4-7-14(19)10-11-17-15(20)8-9-16(21)18-13-5-2-3-6-13/h13-14H,2-12H2,1H3,(H,17,20)(H,18,21). The maximum Gasteiger partial charge on any atom is 0.220 e. The zero-order chi connectivity index (χ0) is 15.1. The zero-order valence-electron chi connectivity index (χ0n) is 13.2. The molecule has 0 aromatic rings. The lowest BCUT2D eigenvalue weighted by molar-refractivity contribution is -0.126. The molecule has 1 saturated carbocycles. The van der Waals surface area contributed by atoms with Crippen LogP contribution in [0.25, 0.3) is 0 Å². The van der Waals surface area contributed by atoms with Gasteiger partial charge in [0.25, 0.3) is 0 Å². The highest BCUT2D eigenvalue weighted by molar-refractivity contribution is 5.83. The average Bonchev–Trinajstić information content (AvgIpc) is 3.09. The first-order valence-corrected chi connectivity index (χ1v) is 8.41. The van der Waals surface area contributed by atoms with E-state index in [1.165, 1.54) is 32.2 Å². The highest BCUT2D eigenvalue weighted by Crippen LogP contribution is 2.18. The molecule has 2 fully saturated rings. The molecule has 0 aromatic heterocycles. The van der Waals surface area contributed by atoms with Gasteiger partial charge in [0.15, 0.2) is 0 Å². The summed E-state index contributed by atoms with van der Waals surface area (Å²) in [7, 11) is 2.15. The maximum atomic E-state index is 11.7. The number of amides is 2. The van der Waals surface area contributed by atoms with Crippen molar-refractivity contribution in [2.45, 2.75) is 69.9 Å². The van der Waals surface area contributed by atoms with Crippen molar-refractivity contribution in [3.63, 3.8) is 0 Å². The molecule has 5 nitrogen and oxygen atoms in total. The molecule has 120 valence electrons. The van der Waals surface area contributed by atoms with Gasteiger partial charge in [0.05, 0.1) is 0 Å². The van der Waals surface area contributed by atoms with E-state index in [1.54, 1.807) is 0 Å². The Hall–Kier alpha value is -1.10. The van der Waals surface area contributed by atoms with E-state index >= 15 is 0 Å². The molecule has 21 heavy (non-hydrogen) atoms. The minimum Gasteiger partial charge on any atom is -0.356 e. The number of rotatable bonds is 7. The van der Waals surface area contributed by atoms with Gasteiger partial charge >= 0.3 is 0 Å². The van der Waals surface area contributed by atoms with Crippen LogP contribution in [0.5, 0.6) is 0 Å². The van der Waals surface area contributed by atoms with Gasteiger partial charge in [-0.25, -0.2) is 0 Å². The molecule has 1 heterocycles. The van der Waals surface area contributed by atoms with Crippen LogP contribution in [0.15, 0.2) is 0 Å². The van der Waals surface area contributed by atoms with Crippen LogP contribution < -0.4 is 10.6 Å². The van der Waals surface area contributed by atoms with Crippen molar-refractivity contribution in [3.8, 4) is 0 Å². The maximum absolute atomic E-state index is 11.7. The molecule has 1 atom stereocenters. The lowest BCUT2D eigenvalue weighted by Crippen LogP contribution is -2.34. The Labute approximate surface area is 127 Å². The number of nitrogens with zero attached hydrogens (tertiary/aromatic N) is 1. The lowest BCUT2D eigenvalue weighted by atomic mass is 10.1. The van der Waals surface area contributed by atoms with Crippen LogP contribution in [0.1, 0.15) is 57.8 Å². The number of carbonyl (C=O) groups excluding carboxylic acids is 2. The molecule has 5 heteroatoms. The van der Waals surface area contributed by atoms with E-state index < -0.39 is 0 Å². The molecule has 1 aliphatic heterocycles. The molecule has 2 aliphatic rings. The van der Waals surface area contributed by atoms with Gasteiger partial charge in [-0.2, -0.15) is 0 Å². The van der Waals surface area contributed by atoms with E-state index in [0.717, 1.165) is 25.8 Å². The molecule has 0 spiro atoms. The third-order valence-corrected chi connectivity index (χ3v) is 4.77. The second-order valence-electron chi connectivity index (χ2n) is 6.46. The molecule has 1 saturated heterocycles. The largest absolute Gasteiger partial charge is 0.356 e. The lowest BCUT2D eigenvalue weighted by Gasteiger charge is -2.19. The Morgan fingerprint density at radius 1 is 1.05 bits per heavy atom. The number of hydrogen-bond donors (Lipinski definition) is 2. The van der Waals surface area contributed by atoms with Gasteiger partial charge in [0, 0.05) is 31.5 Å². The summed E-state index contributed by atoms with van der Waals surface area (Å²) < 4.78 is 0. The Bertz CT molecular complexity index is 353. The fourth-order valence-corrected chi connectivity index (χ4v) is 3.41. The first-order valence-electron chi connectivity index (χ1n) is 8.41. The normalized spacial score (nSPS) is 23.4. The molecular weight excluding hydrogens is 266 g/mol. The van der Waals surface area contributed by atoms with Crippen molar-refractivity contribution in [2.75, 3.05) is 20.1 Å². The van der Waals surface area contributed by atoms with E-state index in [9.17, 15) is 9.59 Å². The van der Waals surface area contributed by atoms with Gasteiger partial charge < -0.3 is 15.5 Å². The molecule has 0 bridgehead atoms. The van der Waals surface area contributed by atoms with Crippen molar-refractivity contribution in [2.24, 2.45) is 0 Å². The summed E-state index contributed by atoms with van der Waals surface area (Å²) in [5.41, 5.74) is 0. The van der Waals surface area contributed by atoms with Crippen molar-refractivity contribution < 1.29 is 9.59 Å². The fraction of sp³-hybridized carbons (Fsp3) is 0.875. The van der Waals surface area contributed by atoms with Gasteiger partial charge in [-0.3, -0.25) is 9.59 Å². The summed E-state index contributed by atoms with van der Waals surface area (Å²) in [5.74, 6) is 0.0183. The van der Waals surface area contributed by atoms with Crippen LogP contribution in [0.2, 0.25) is 0 Å². The Morgan fingerprint density at radius 2 is 1.76 bits per heavy atom. The van der Waals surface area contributed by atoms with E-state index in [-0.39, 0.29) is 11.8 Å². The minimum absolute atomic E-state index is 0.00257. The van der Waals surface area contributed by atoms with Gasteiger partial charge in [-0.1, -0.05) is 12.8 Å². The van der Waals surface area contributed by atoms with E-state index in [0.29, 0.717) is 24.9 Å². The highest BCUT2D eigenvalue weighted by atomic mass is 16.2. The summed E-state index contributed by atoms with van der Waals surface area (Å²) in [6, 6.07) is 0.953. The molecule has 2 rings (SSSR count). The molecule has 2 amide bonds. The van der Waals surface area contributed by atoms with E-state index in [4.69, 9.17) is 0 Å². The number of hydrogen-bond acceptors (Lipinski definition) is 3. The Morgan fingerprint density at radius 3 is 2.43 bits per heavy atom. The monoisotopic (exact) mass is 295 g/mol. The molecule has 2 N–H and O–H groups in total. The predicted octanol–water partition coefficient (Wildman–Crippen LogP) is 1.43. The van der Waals surface area contributed by atoms with E-state index in [1.807, 2.05) is 0 Å². The first kappa shape index (κ1) is 16.3. The molecule has 0 radical (unpaired) electrons. The summed E-state index contributed by atoms with van der Waals surface area (Å²) in [4.78, 5) is 25.8. The number of nitrogens with one attached hydrogen (secondary N) is 2. The summed E-state index contributed by atoms with van der Waals surface area (Å²) in [6.45, 7) is 1.89. The molecule has 1 aliphatic carbocycles. The average molecular weight is 295 g/mol. The fourth-order valence-electron chi connectivity index (χ4n) is 3.41. The van der Waals surface area contributed by atoms with Crippen LogP contribution in [0.3, 0.4) is 0 Å². The quantitative estimate of drug-likeness (QED) is 0.747. The Balaban J connectivity index is 1.51. The van der Waals surface area contributed by atoms with Crippen LogP contribution >= 0.6 is 0 Å². The summed E-state index contributed by atoms with van der Waals surface area (Å²) >= 11 is 0. The number of likely N-dealkylation sites (tertiary alicyclic amines) is 1. The second kappa shape index (κ2) is 8.37. The van der Waals surface area contributed by atoms with E-state index in [2.05, 4.69) is 22.6 Å². The van der Waals surface area contributed by atoms with Crippen molar-refractivity contribution in [1.29, 1.82) is 0 Å². The summed E-state index contributed by atoms with van der Waals surface area (Å²) in [6.07, 6.45) is 8.72. The number of carbonyl (C=O) groups is 2. The topological polar surface area (TPSA) is 61.4 Å². The molecular formula is C16H29N3O2. The Kier molecular flexibility index (Phi) is 6.49. The third kappa shape index (κ3) is 5.65. The van der Waals surface area contributed by atoms with Crippen LogP contribution in [-0.4, -0.2) is 48.9 Å². The third-order valence-electron chi connectivity index (χ3n) is 4.77. The first-order chi connectivity index (χ1) is 10.1. The van der Waals surface area contributed by atoms with Gasteiger partial charge in [0.1, 0.15) is 0 Å². The SMILES string of the molecule is CN1CCCC1CCNC(=O)CCC(=O)NC1CCCC1. The van der Waals surface area contributed by atoms with Crippen LogP contribution in [0.4, 0.5) is 0 Å². The molecule has 1 unspecified atom stereocenters. The van der Waals surface area contributed by atoms with Crippen molar-refractivity contribution >= 4 is 11.8 Å². The van der Waals surface area contributed by atoms with Gasteiger partial charge in [-0.15, -0.1) is 0 Å². The zero-order valence-corrected chi connectivity index (χ0v) is 13.2.